The molecule has 0 fully saturated rings. The number of allylic oxidation sites excluding steroid dienone is 1. The molecule has 0 amide bonds. The van der Waals surface area contributed by atoms with E-state index >= 15 is 0 Å². The van der Waals surface area contributed by atoms with Gasteiger partial charge in [-0.05, 0) is 6.58 Å². The van der Waals surface area contributed by atoms with Crippen LogP contribution >= 0.6 is 0 Å². The molecule has 0 aromatic carbocycles. The molecule has 0 aliphatic rings. The number of rotatable bonds is 2. The minimum absolute atomic E-state index is 3.28. The second kappa shape index (κ2) is 2.85. The van der Waals surface area contributed by atoms with E-state index in [0.717, 1.165) is 0 Å². The Labute approximate surface area is 66.8 Å². The Kier molecular flexibility index (Phi) is 2.67. The Morgan fingerprint density at radius 1 is 0.846 bits per heavy atom. The van der Waals surface area contributed by atoms with Crippen LogP contribution in [0.2, 0.25) is 0 Å². The molecule has 0 nitrogen and oxygen atoms in total. The number of halogens is 8. The van der Waals surface area contributed by atoms with E-state index in [9.17, 15) is 35.1 Å². The van der Waals surface area contributed by atoms with Crippen molar-refractivity contribution in [3.05, 3.63) is 12.4 Å². The fourth-order valence-corrected chi connectivity index (χ4v) is 0.328. The molecule has 0 aliphatic carbocycles. The van der Waals surface area contributed by atoms with Crippen molar-refractivity contribution >= 4 is 0 Å². The van der Waals surface area contributed by atoms with Crippen molar-refractivity contribution in [1.29, 1.82) is 0 Å². The fraction of sp³-hybridized carbons (Fsp3) is 0.600. The Morgan fingerprint density at radius 2 is 1.15 bits per heavy atom. The summed E-state index contributed by atoms with van der Waals surface area (Å²) in [4.78, 5) is 0. The van der Waals surface area contributed by atoms with Crippen molar-refractivity contribution < 1.29 is 35.1 Å². The summed E-state index contributed by atoms with van der Waals surface area (Å²) in [5, 5.41) is 0. The largest absolute Gasteiger partial charge is 0.460 e. The number of hydrogen-bond donors (Lipinski definition) is 0. The predicted molar refractivity (Wildman–Crippen MR) is 24.9 cm³/mol. The minimum atomic E-state index is -6.56. The standard InChI is InChI=1S/C5HF8/c1-2(6)3(7,8)4(9,10)5(11,12)13/h1H. The van der Waals surface area contributed by atoms with Gasteiger partial charge < -0.3 is 0 Å². The lowest BCUT2D eigenvalue weighted by Gasteiger charge is -2.26. The van der Waals surface area contributed by atoms with Crippen molar-refractivity contribution in [1.82, 2.24) is 0 Å². The Balaban J connectivity index is 5.16. The van der Waals surface area contributed by atoms with Crippen molar-refractivity contribution in [3.63, 3.8) is 0 Å². The fourth-order valence-electron chi connectivity index (χ4n) is 0.328. The molecule has 13 heavy (non-hydrogen) atoms. The third-order valence-electron chi connectivity index (χ3n) is 1.05. The van der Waals surface area contributed by atoms with E-state index in [1.807, 2.05) is 0 Å². The summed E-state index contributed by atoms with van der Waals surface area (Å²) in [6.45, 7) is 3.57. The monoisotopic (exact) mass is 213 g/mol. The lowest BCUT2D eigenvalue weighted by Crippen LogP contribution is -2.52. The highest BCUT2D eigenvalue weighted by Crippen LogP contribution is 2.49. The molecular formula is C5HF8. The summed E-state index contributed by atoms with van der Waals surface area (Å²) in [5.41, 5.74) is 0. The van der Waals surface area contributed by atoms with Gasteiger partial charge in [0.05, 0.1) is 0 Å². The van der Waals surface area contributed by atoms with Crippen molar-refractivity contribution in [2.24, 2.45) is 0 Å². The van der Waals surface area contributed by atoms with Crippen LogP contribution in [0.25, 0.3) is 0 Å². The van der Waals surface area contributed by atoms with Crippen LogP contribution in [0.15, 0.2) is 5.83 Å². The zero-order valence-electron chi connectivity index (χ0n) is 5.60. The summed E-state index contributed by atoms with van der Waals surface area (Å²) < 4.78 is 92.3. The van der Waals surface area contributed by atoms with Crippen LogP contribution in [0.4, 0.5) is 35.1 Å². The number of alkyl halides is 7. The van der Waals surface area contributed by atoms with Crippen LogP contribution in [-0.4, -0.2) is 18.0 Å². The second-order valence-electron chi connectivity index (χ2n) is 1.99. The molecule has 0 aromatic heterocycles. The van der Waals surface area contributed by atoms with Gasteiger partial charge in [-0.1, -0.05) is 0 Å². The van der Waals surface area contributed by atoms with Crippen molar-refractivity contribution in [2.45, 2.75) is 18.0 Å². The van der Waals surface area contributed by atoms with E-state index in [0.29, 0.717) is 0 Å². The Morgan fingerprint density at radius 3 is 1.23 bits per heavy atom. The average molecular weight is 213 g/mol. The van der Waals surface area contributed by atoms with Gasteiger partial charge in [0.15, 0.2) is 5.83 Å². The van der Waals surface area contributed by atoms with Gasteiger partial charge in [0.2, 0.25) is 0 Å². The van der Waals surface area contributed by atoms with Crippen LogP contribution in [-0.2, 0) is 0 Å². The van der Waals surface area contributed by atoms with Crippen LogP contribution in [0, 0.1) is 6.58 Å². The molecule has 77 valence electrons. The van der Waals surface area contributed by atoms with E-state index in [1.54, 1.807) is 0 Å². The quantitative estimate of drug-likeness (QED) is 0.618. The molecule has 0 unspecified atom stereocenters. The smallest absolute Gasteiger partial charge is 0.205 e. The molecule has 0 aliphatic heterocycles. The summed E-state index contributed by atoms with van der Waals surface area (Å²) in [6.07, 6.45) is -6.56. The highest BCUT2D eigenvalue weighted by Gasteiger charge is 2.74. The van der Waals surface area contributed by atoms with E-state index in [1.165, 1.54) is 0 Å². The van der Waals surface area contributed by atoms with Crippen LogP contribution in [0.3, 0.4) is 0 Å². The summed E-state index contributed by atoms with van der Waals surface area (Å²) in [6, 6.07) is 0. The molecule has 0 N–H and O–H groups in total. The summed E-state index contributed by atoms with van der Waals surface area (Å²) in [7, 11) is 0. The lowest BCUT2D eigenvalue weighted by atomic mass is 10.1. The van der Waals surface area contributed by atoms with E-state index < -0.39 is 23.8 Å². The predicted octanol–water partition coefficient (Wildman–Crippen LogP) is 3.11. The van der Waals surface area contributed by atoms with Crippen LogP contribution in [0.1, 0.15) is 0 Å². The van der Waals surface area contributed by atoms with Gasteiger partial charge in [-0.3, -0.25) is 0 Å². The maximum atomic E-state index is 11.8. The molecule has 0 saturated carbocycles. The van der Waals surface area contributed by atoms with E-state index in [2.05, 4.69) is 6.58 Å². The molecule has 0 rings (SSSR count). The molecule has 0 atom stereocenters. The molecule has 8 heteroatoms. The molecule has 0 saturated heterocycles. The summed E-state index contributed by atoms with van der Waals surface area (Å²) in [5.74, 6) is -15.8. The third-order valence-corrected chi connectivity index (χ3v) is 1.05. The summed E-state index contributed by atoms with van der Waals surface area (Å²) >= 11 is 0. The average Bonchev–Trinajstić information content (AvgIpc) is 1.84. The first kappa shape index (κ1) is 12.2. The van der Waals surface area contributed by atoms with Gasteiger partial charge in [-0.25, -0.2) is 4.39 Å². The maximum absolute atomic E-state index is 11.8. The zero-order valence-corrected chi connectivity index (χ0v) is 5.60. The molecule has 1 radical (unpaired) electrons. The molecule has 0 aromatic rings. The van der Waals surface area contributed by atoms with Gasteiger partial charge >= 0.3 is 18.0 Å². The minimum Gasteiger partial charge on any atom is -0.205 e. The molecule has 0 spiro atoms. The first-order valence-corrected chi connectivity index (χ1v) is 2.55. The van der Waals surface area contributed by atoms with Gasteiger partial charge in [0.1, 0.15) is 0 Å². The molecule has 0 heterocycles. The Hall–Kier alpha value is -0.820. The Bertz CT molecular complexity index is 211. The third kappa shape index (κ3) is 1.75. The first-order valence-electron chi connectivity index (χ1n) is 2.55. The lowest BCUT2D eigenvalue weighted by molar-refractivity contribution is -0.347. The van der Waals surface area contributed by atoms with Gasteiger partial charge in [-0.15, -0.1) is 0 Å². The molecule has 0 bridgehead atoms. The first-order chi connectivity index (χ1) is 5.44. The van der Waals surface area contributed by atoms with Gasteiger partial charge in [0, 0.05) is 0 Å². The number of hydrogen-bond acceptors (Lipinski definition) is 0. The topological polar surface area (TPSA) is 0 Å². The van der Waals surface area contributed by atoms with Crippen molar-refractivity contribution in [3.8, 4) is 0 Å². The molecular weight excluding hydrogens is 212 g/mol. The van der Waals surface area contributed by atoms with E-state index in [-0.39, 0.29) is 0 Å². The van der Waals surface area contributed by atoms with Crippen LogP contribution in [0.5, 0.6) is 0 Å². The highest BCUT2D eigenvalue weighted by atomic mass is 19.4. The second-order valence-corrected chi connectivity index (χ2v) is 1.99. The van der Waals surface area contributed by atoms with Gasteiger partial charge in [0.25, 0.3) is 0 Å². The zero-order chi connectivity index (χ0) is 11.1. The normalized spacial score (nSPS) is 14.5. The SMILES string of the molecule is [CH]=C(F)C(F)(F)C(F)(F)C(F)(F)F. The van der Waals surface area contributed by atoms with Crippen molar-refractivity contribution in [2.75, 3.05) is 0 Å². The highest BCUT2D eigenvalue weighted by molar-refractivity contribution is 5.07. The van der Waals surface area contributed by atoms with Crippen LogP contribution < -0.4 is 0 Å². The van der Waals surface area contributed by atoms with Gasteiger partial charge in [-0.2, -0.15) is 30.7 Å². The maximum Gasteiger partial charge on any atom is 0.460 e. The van der Waals surface area contributed by atoms with E-state index in [4.69, 9.17) is 0 Å².